The van der Waals surface area contributed by atoms with Crippen molar-refractivity contribution >= 4 is 23.3 Å². The van der Waals surface area contributed by atoms with E-state index in [9.17, 15) is 9.18 Å². The van der Waals surface area contributed by atoms with Crippen LogP contribution in [0.1, 0.15) is 32.6 Å². The molecular weight excluding hydrogens is 255 g/mol. The molecule has 1 aromatic carbocycles. The van der Waals surface area contributed by atoms with Gasteiger partial charge in [-0.1, -0.05) is 43.9 Å². The highest BCUT2D eigenvalue weighted by molar-refractivity contribution is 6.31. The van der Waals surface area contributed by atoms with Gasteiger partial charge in [0.15, 0.2) is 5.82 Å². The van der Waals surface area contributed by atoms with Crippen LogP contribution in [0.25, 0.3) is 0 Å². The first kappa shape index (κ1) is 14.8. The summed E-state index contributed by atoms with van der Waals surface area (Å²) in [5, 5.41) is 5.11. The van der Waals surface area contributed by atoms with Gasteiger partial charge < -0.3 is 10.6 Å². The molecule has 0 aliphatic rings. The predicted molar refractivity (Wildman–Crippen MR) is 72.6 cm³/mol. The summed E-state index contributed by atoms with van der Waals surface area (Å²) in [5.41, 5.74) is 0.0913. The third-order valence-corrected chi connectivity index (χ3v) is 2.81. The maximum atomic E-state index is 13.5. The quantitative estimate of drug-likeness (QED) is 0.750. The molecule has 2 amide bonds. The highest BCUT2D eigenvalue weighted by atomic mass is 35.5. The summed E-state index contributed by atoms with van der Waals surface area (Å²) in [4.78, 5) is 11.5. The van der Waals surface area contributed by atoms with Gasteiger partial charge in [-0.05, 0) is 18.6 Å². The molecule has 0 aliphatic carbocycles. The van der Waals surface area contributed by atoms with Gasteiger partial charge in [0.1, 0.15) is 0 Å². The fraction of sp³-hybridized carbons (Fsp3) is 0.462. The topological polar surface area (TPSA) is 41.1 Å². The molecule has 0 saturated carbocycles. The van der Waals surface area contributed by atoms with Crippen LogP contribution in [-0.4, -0.2) is 12.6 Å². The van der Waals surface area contributed by atoms with Crippen molar-refractivity contribution in [1.29, 1.82) is 0 Å². The third kappa shape index (κ3) is 4.92. The average molecular weight is 273 g/mol. The zero-order valence-corrected chi connectivity index (χ0v) is 11.2. The Hall–Kier alpha value is -1.29. The predicted octanol–water partition coefficient (Wildman–Crippen LogP) is 4.18. The molecule has 0 bridgehead atoms. The molecule has 1 rings (SSSR count). The lowest BCUT2D eigenvalue weighted by molar-refractivity contribution is 0.251. The van der Waals surface area contributed by atoms with Gasteiger partial charge >= 0.3 is 6.03 Å². The Morgan fingerprint density at radius 2 is 2.11 bits per heavy atom. The summed E-state index contributed by atoms with van der Waals surface area (Å²) in [6, 6.07) is 4.08. The maximum Gasteiger partial charge on any atom is 0.319 e. The van der Waals surface area contributed by atoms with E-state index in [0.29, 0.717) is 6.54 Å². The van der Waals surface area contributed by atoms with Crippen LogP contribution >= 0.6 is 11.6 Å². The zero-order valence-electron chi connectivity index (χ0n) is 10.4. The van der Waals surface area contributed by atoms with Crippen molar-refractivity contribution in [1.82, 2.24) is 5.32 Å². The van der Waals surface area contributed by atoms with Crippen molar-refractivity contribution < 1.29 is 9.18 Å². The second-order valence-corrected chi connectivity index (χ2v) is 4.45. The monoisotopic (exact) mass is 272 g/mol. The van der Waals surface area contributed by atoms with E-state index in [4.69, 9.17) is 11.6 Å². The average Bonchev–Trinajstić information content (AvgIpc) is 2.35. The Morgan fingerprint density at radius 1 is 1.33 bits per heavy atom. The highest BCUT2D eigenvalue weighted by Crippen LogP contribution is 2.21. The summed E-state index contributed by atoms with van der Waals surface area (Å²) in [5.74, 6) is -0.611. The first-order valence-corrected chi connectivity index (χ1v) is 6.51. The molecular formula is C13H18ClFN2O. The number of unbranched alkanes of at least 4 members (excludes halogenated alkanes) is 3. The number of benzene rings is 1. The minimum Gasteiger partial charge on any atom is -0.338 e. The SMILES string of the molecule is CCCCCCNC(=O)Nc1cccc(Cl)c1F. The first-order chi connectivity index (χ1) is 8.65. The van der Waals surface area contributed by atoms with Crippen LogP contribution in [0.3, 0.4) is 0 Å². The van der Waals surface area contributed by atoms with E-state index in [1.54, 1.807) is 6.07 Å². The molecule has 0 heterocycles. The summed E-state index contributed by atoms with van der Waals surface area (Å²) in [7, 11) is 0. The number of nitrogens with one attached hydrogen (secondary N) is 2. The lowest BCUT2D eigenvalue weighted by atomic mass is 10.2. The second-order valence-electron chi connectivity index (χ2n) is 4.04. The molecule has 5 heteroatoms. The van der Waals surface area contributed by atoms with Crippen LogP contribution < -0.4 is 10.6 Å². The number of halogens is 2. The van der Waals surface area contributed by atoms with Crippen molar-refractivity contribution in [3.63, 3.8) is 0 Å². The number of carbonyl (C=O) groups is 1. The molecule has 0 unspecified atom stereocenters. The number of urea groups is 1. The van der Waals surface area contributed by atoms with E-state index in [0.717, 1.165) is 25.7 Å². The Kier molecular flexibility index (Phi) is 6.50. The van der Waals surface area contributed by atoms with Crippen LogP contribution in [0.4, 0.5) is 14.9 Å². The molecule has 18 heavy (non-hydrogen) atoms. The molecule has 1 aromatic rings. The third-order valence-electron chi connectivity index (χ3n) is 2.52. The number of carbonyl (C=O) groups excluding carboxylic acids is 1. The number of anilines is 1. The molecule has 100 valence electrons. The fourth-order valence-electron chi connectivity index (χ4n) is 1.52. The summed E-state index contributed by atoms with van der Waals surface area (Å²) in [6.07, 6.45) is 4.33. The van der Waals surface area contributed by atoms with Gasteiger partial charge in [-0.15, -0.1) is 0 Å². The summed E-state index contributed by atoms with van der Waals surface area (Å²) < 4.78 is 13.5. The second kappa shape index (κ2) is 7.93. The van der Waals surface area contributed by atoms with E-state index >= 15 is 0 Å². The van der Waals surface area contributed by atoms with Gasteiger partial charge in [-0.25, -0.2) is 9.18 Å². The minimum absolute atomic E-state index is 0.00394. The Bertz CT molecular complexity index is 399. The molecule has 0 aromatic heterocycles. The van der Waals surface area contributed by atoms with Gasteiger partial charge in [0, 0.05) is 6.54 Å². The number of amides is 2. The maximum absolute atomic E-state index is 13.5. The Morgan fingerprint density at radius 3 is 2.83 bits per heavy atom. The van der Waals surface area contributed by atoms with Crippen LogP contribution in [0.15, 0.2) is 18.2 Å². The van der Waals surface area contributed by atoms with E-state index in [1.807, 2.05) is 0 Å². The van der Waals surface area contributed by atoms with Gasteiger partial charge in [0.25, 0.3) is 0 Å². The standard InChI is InChI=1S/C13H18ClFN2O/c1-2-3-4-5-9-16-13(18)17-11-8-6-7-10(14)12(11)15/h6-8H,2-5,9H2,1H3,(H2,16,17,18). The fourth-order valence-corrected chi connectivity index (χ4v) is 1.70. The number of hydrogen-bond donors (Lipinski definition) is 2. The van der Waals surface area contributed by atoms with Crippen LogP contribution in [0, 0.1) is 5.82 Å². The van der Waals surface area contributed by atoms with Crippen molar-refractivity contribution in [2.75, 3.05) is 11.9 Å². The molecule has 0 fully saturated rings. The van der Waals surface area contributed by atoms with E-state index in [-0.39, 0.29) is 10.7 Å². The van der Waals surface area contributed by atoms with E-state index < -0.39 is 11.8 Å². The number of hydrogen-bond acceptors (Lipinski definition) is 1. The molecule has 0 atom stereocenters. The molecule has 0 saturated heterocycles. The van der Waals surface area contributed by atoms with E-state index in [2.05, 4.69) is 17.6 Å². The minimum atomic E-state index is -0.611. The highest BCUT2D eigenvalue weighted by Gasteiger charge is 2.08. The smallest absolute Gasteiger partial charge is 0.319 e. The van der Waals surface area contributed by atoms with Crippen LogP contribution in [0.2, 0.25) is 5.02 Å². The largest absolute Gasteiger partial charge is 0.338 e. The van der Waals surface area contributed by atoms with Crippen LogP contribution in [0.5, 0.6) is 0 Å². The summed E-state index contributed by atoms with van der Waals surface area (Å²) >= 11 is 5.61. The molecule has 0 spiro atoms. The Labute approximate surface area is 112 Å². The van der Waals surface area contributed by atoms with Gasteiger partial charge in [0.05, 0.1) is 10.7 Å². The molecule has 3 nitrogen and oxygen atoms in total. The van der Waals surface area contributed by atoms with Gasteiger partial charge in [0.2, 0.25) is 0 Å². The van der Waals surface area contributed by atoms with Crippen molar-refractivity contribution in [2.24, 2.45) is 0 Å². The van der Waals surface area contributed by atoms with Gasteiger partial charge in [-0.2, -0.15) is 0 Å². The molecule has 0 aliphatic heterocycles. The van der Waals surface area contributed by atoms with Crippen molar-refractivity contribution in [2.45, 2.75) is 32.6 Å². The first-order valence-electron chi connectivity index (χ1n) is 6.14. The van der Waals surface area contributed by atoms with E-state index in [1.165, 1.54) is 12.1 Å². The van der Waals surface area contributed by atoms with Crippen LogP contribution in [-0.2, 0) is 0 Å². The lowest BCUT2D eigenvalue weighted by Gasteiger charge is -2.08. The molecule has 0 radical (unpaired) electrons. The zero-order chi connectivity index (χ0) is 13.4. The summed E-state index contributed by atoms with van der Waals surface area (Å²) in [6.45, 7) is 2.72. The normalized spacial score (nSPS) is 10.2. The molecule has 2 N–H and O–H groups in total. The lowest BCUT2D eigenvalue weighted by Crippen LogP contribution is -2.29. The van der Waals surface area contributed by atoms with Gasteiger partial charge in [-0.3, -0.25) is 0 Å². The number of rotatable bonds is 6. The van der Waals surface area contributed by atoms with Crippen molar-refractivity contribution in [3.05, 3.63) is 29.0 Å². The van der Waals surface area contributed by atoms with Crippen molar-refractivity contribution in [3.8, 4) is 0 Å². The Balaban J connectivity index is 2.34.